The van der Waals surface area contributed by atoms with Gasteiger partial charge in [0.1, 0.15) is 5.75 Å². The highest BCUT2D eigenvalue weighted by Gasteiger charge is 2.45. The summed E-state index contributed by atoms with van der Waals surface area (Å²) < 4.78 is 26.1. The van der Waals surface area contributed by atoms with Gasteiger partial charge in [-0.3, -0.25) is 9.78 Å². The monoisotopic (exact) mass is 382 g/mol. The highest BCUT2D eigenvalue weighted by molar-refractivity contribution is 5.78. The zero-order chi connectivity index (χ0) is 19.6. The molecule has 4 rings (SSSR count). The summed E-state index contributed by atoms with van der Waals surface area (Å²) >= 11 is 0. The van der Waals surface area contributed by atoms with Crippen LogP contribution >= 0.6 is 0 Å². The van der Waals surface area contributed by atoms with E-state index >= 15 is 4.39 Å². The van der Waals surface area contributed by atoms with E-state index in [0.717, 1.165) is 5.56 Å². The Bertz CT molecular complexity index is 978. The van der Waals surface area contributed by atoms with Crippen molar-refractivity contribution >= 4 is 5.91 Å². The van der Waals surface area contributed by atoms with Crippen LogP contribution in [0.25, 0.3) is 11.5 Å². The van der Waals surface area contributed by atoms with Crippen molar-refractivity contribution in [3.63, 3.8) is 0 Å². The maximum Gasteiger partial charge on any atom is 0.260 e. The van der Waals surface area contributed by atoms with Crippen molar-refractivity contribution in [2.24, 2.45) is 0 Å². The third kappa shape index (κ3) is 3.71. The van der Waals surface area contributed by atoms with Crippen LogP contribution in [0.2, 0.25) is 0 Å². The Morgan fingerprint density at radius 3 is 2.93 bits per heavy atom. The van der Waals surface area contributed by atoms with E-state index in [0.29, 0.717) is 11.3 Å². The first-order valence-electron chi connectivity index (χ1n) is 8.94. The second-order valence-corrected chi connectivity index (χ2v) is 6.79. The van der Waals surface area contributed by atoms with Gasteiger partial charge < -0.3 is 14.2 Å². The smallest absolute Gasteiger partial charge is 0.260 e. The number of pyridine rings is 1. The molecule has 0 bridgehead atoms. The van der Waals surface area contributed by atoms with Gasteiger partial charge in [-0.25, -0.2) is 4.39 Å². The summed E-state index contributed by atoms with van der Waals surface area (Å²) in [6, 6.07) is 10.8. The Morgan fingerprint density at radius 1 is 1.32 bits per heavy atom. The lowest BCUT2D eigenvalue weighted by atomic mass is 10.1. The number of aromatic nitrogens is 3. The van der Waals surface area contributed by atoms with Gasteiger partial charge in [-0.15, -0.1) is 0 Å². The molecule has 2 aromatic heterocycles. The largest absolute Gasteiger partial charge is 0.484 e. The number of hydrogen-bond acceptors (Lipinski definition) is 6. The highest BCUT2D eigenvalue weighted by Crippen LogP contribution is 2.35. The Labute approximate surface area is 161 Å². The van der Waals surface area contributed by atoms with Crippen LogP contribution in [0.4, 0.5) is 4.39 Å². The quantitative estimate of drug-likeness (QED) is 0.675. The molecule has 3 aromatic rings. The van der Waals surface area contributed by atoms with Crippen LogP contribution in [0.3, 0.4) is 0 Å². The molecule has 144 valence electrons. The van der Waals surface area contributed by atoms with Crippen molar-refractivity contribution < 1.29 is 18.4 Å². The number of carbonyl (C=O) groups excluding carboxylic acids is 1. The summed E-state index contributed by atoms with van der Waals surface area (Å²) in [6.45, 7) is 1.94. The summed E-state index contributed by atoms with van der Waals surface area (Å²) in [7, 11) is 0. The fourth-order valence-corrected chi connectivity index (χ4v) is 3.13. The van der Waals surface area contributed by atoms with Gasteiger partial charge in [0.15, 0.2) is 12.3 Å². The van der Waals surface area contributed by atoms with Gasteiger partial charge in [0.2, 0.25) is 5.82 Å². The van der Waals surface area contributed by atoms with Crippen LogP contribution in [-0.4, -0.2) is 45.6 Å². The molecule has 0 radical (unpaired) electrons. The molecular weight excluding hydrogens is 363 g/mol. The number of alkyl halides is 1. The molecular formula is C20H19FN4O3. The third-order valence-electron chi connectivity index (χ3n) is 4.68. The highest BCUT2D eigenvalue weighted by atomic mass is 19.1. The summed E-state index contributed by atoms with van der Waals surface area (Å²) in [6.07, 6.45) is 3.29. The van der Waals surface area contributed by atoms with E-state index < -0.39 is 5.67 Å². The van der Waals surface area contributed by atoms with E-state index in [9.17, 15) is 4.79 Å². The first-order chi connectivity index (χ1) is 13.5. The number of likely N-dealkylation sites (tertiary alicyclic amines) is 1. The first kappa shape index (κ1) is 18.1. The standard InChI is InChI=1S/C20H19FN4O3/c1-14-3-2-4-16(11-14)27-12-17(26)25-10-7-20(21,13-25)19-23-18(28-24-19)15-5-8-22-9-6-15/h2-6,8-9,11H,7,10,12-13H2,1H3. The maximum atomic E-state index is 15.4. The van der Waals surface area contributed by atoms with Gasteiger partial charge in [0, 0.05) is 30.9 Å². The van der Waals surface area contributed by atoms with Crippen molar-refractivity contribution in [3.05, 3.63) is 60.2 Å². The van der Waals surface area contributed by atoms with E-state index in [2.05, 4.69) is 15.1 Å². The summed E-state index contributed by atoms with van der Waals surface area (Å²) in [5.74, 6) is 0.509. The van der Waals surface area contributed by atoms with Gasteiger partial charge in [-0.2, -0.15) is 4.98 Å². The minimum absolute atomic E-state index is 0.0470. The number of benzene rings is 1. The Morgan fingerprint density at radius 2 is 2.14 bits per heavy atom. The number of halogens is 1. The van der Waals surface area contributed by atoms with Gasteiger partial charge in [-0.05, 0) is 36.8 Å². The Kier molecular flexibility index (Phi) is 4.77. The second-order valence-electron chi connectivity index (χ2n) is 6.79. The number of carbonyl (C=O) groups is 1. The number of ether oxygens (including phenoxy) is 1. The molecule has 1 aliphatic heterocycles. The molecule has 7 nitrogen and oxygen atoms in total. The molecule has 1 saturated heterocycles. The molecule has 8 heteroatoms. The molecule has 1 fully saturated rings. The zero-order valence-corrected chi connectivity index (χ0v) is 15.3. The SMILES string of the molecule is Cc1cccc(OCC(=O)N2CCC(F)(c3noc(-c4ccncc4)n3)C2)c1. The molecule has 1 aromatic carbocycles. The molecule has 1 amide bonds. The molecule has 28 heavy (non-hydrogen) atoms. The first-order valence-corrected chi connectivity index (χ1v) is 8.94. The number of rotatable bonds is 5. The summed E-state index contributed by atoms with van der Waals surface area (Å²) in [5.41, 5.74) is -0.140. The zero-order valence-electron chi connectivity index (χ0n) is 15.3. The fraction of sp³-hybridized carbons (Fsp3) is 0.300. The van der Waals surface area contributed by atoms with E-state index in [-0.39, 0.29) is 43.7 Å². The predicted octanol–water partition coefficient (Wildman–Crippen LogP) is 2.92. The van der Waals surface area contributed by atoms with Gasteiger partial charge in [0.05, 0.1) is 6.54 Å². The minimum Gasteiger partial charge on any atom is -0.484 e. The molecule has 1 unspecified atom stereocenters. The van der Waals surface area contributed by atoms with Crippen molar-refractivity contribution in [1.82, 2.24) is 20.0 Å². The summed E-state index contributed by atoms with van der Waals surface area (Å²) in [5, 5.41) is 3.79. The van der Waals surface area contributed by atoms with Crippen molar-refractivity contribution in [3.8, 4) is 17.2 Å². The van der Waals surface area contributed by atoms with Crippen LogP contribution in [-0.2, 0) is 10.5 Å². The number of hydrogen-bond donors (Lipinski definition) is 0. The molecule has 1 atom stereocenters. The van der Waals surface area contributed by atoms with Crippen LogP contribution in [0.1, 0.15) is 17.8 Å². The lowest BCUT2D eigenvalue weighted by Gasteiger charge is -2.18. The number of nitrogens with zero attached hydrogens (tertiary/aromatic N) is 4. The van der Waals surface area contributed by atoms with E-state index in [1.54, 1.807) is 30.6 Å². The third-order valence-corrected chi connectivity index (χ3v) is 4.68. The van der Waals surface area contributed by atoms with Gasteiger partial charge >= 0.3 is 0 Å². The molecule has 3 heterocycles. The lowest BCUT2D eigenvalue weighted by Crippen LogP contribution is -2.35. The average Bonchev–Trinajstić information content (AvgIpc) is 3.35. The Balaban J connectivity index is 1.40. The summed E-state index contributed by atoms with van der Waals surface area (Å²) in [4.78, 5) is 21.9. The van der Waals surface area contributed by atoms with Crippen molar-refractivity contribution in [2.75, 3.05) is 19.7 Å². The fourth-order valence-electron chi connectivity index (χ4n) is 3.13. The predicted molar refractivity (Wildman–Crippen MR) is 98.2 cm³/mol. The molecule has 0 aliphatic carbocycles. The van der Waals surface area contributed by atoms with Crippen LogP contribution in [0.5, 0.6) is 5.75 Å². The van der Waals surface area contributed by atoms with Crippen LogP contribution < -0.4 is 4.74 Å². The molecule has 0 N–H and O–H groups in total. The van der Waals surface area contributed by atoms with E-state index in [1.165, 1.54) is 4.90 Å². The normalized spacial score (nSPS) is 19.0. The topological polar surface area (TPSA) is 81.4 Å². The van der Waals surface area contributed by atoms with Crippen LogP contribution in [0.15, 0.2) is 53.3 Å². The van der Waals surface area contributed by atoms with E-state index in [1.807, 2.05) is 25.1 Å². The lowest BCUT2D eigenvalue weighted by molar-refractivity contribution is -0.132. The van der Waals surface area contributed by atoms with Crippen LogP contribution in [0, 0.1) is 6.92 Å². The average molecular weight is 382 g/mol. The maximum absolute atomic E-state index is 15.4. The molecule has 1 aliphatic rings. The Hall–Kier alpha value is -3.29. The van der Waals surface area contributed by atoms with E-state index in [4.69, 9.17) is 9.26 Å². The number of aryl methyl sites for hydroxylation is 1. The number of amides is 1. The van der Waals surface area contributed by atoms with Gasteiger partial charge in [-0.1, -0.05) is 17.3 Å². The van der Waals surface area contributed by atoms with Crippen molar-refractivity contribution in [1.29, 1.82) is 0 Å². The minimum atomic E-state index is -1.84. The van der Waals surface area contributed by atoms with Crippen molar-refractivity contribution in [2.45, 2.75) is 19.0 Å². The molecule has 0 saturated carbocycles. The van der Waals surface area contributed by atoms with Gasteiger partial charge in [0.25, 0.3) is 11.8 Å². The second kappa shape index (κ2) is 7.38. The molecule has 0 spiro atoms.